The standard InChI is InChI=1S/C11H15NO2/c1-14-10-5-3-8-2-4-9(7-13)12-11(8)6-10/h3,5-6,9,12-13H,2,4,7H2,1H3. The Labute approximate surface area is 83.7 Å². The van der Waals surface area contributed by atoms with Crippen molar-refractivity contribution in [1.29, 1.82) is 0 Å². The van der Waals surface area contributed by atoms with Crippen LogP contribution >= 0.6 is 0 Å². The van der Waals surface area contributed by atoms with Crippen LogP contribution in [0.25, 0.3) is 0 Å². The van der Waals surface area contributed by atoms with E-state index in [1.54, 1.807) is 7.11 Å². The third-order valence-corrected chi connectivity index (χ3v) is 2.66. The zero-order valence-corrected chi connectivity index (χ0v) is 8.29. The summed E-state index contributed by atoms with van der Waals surface area (Å²) in [5.41, 5.74) is 2.39. The van der Waals surface area contributed by atoms with Crippen LogP contribution in [0.2, 0.25) is 0 Å². The normalized spacial score (nSPS) is 19.7. The molecule has 1 atom stereocenters. The van der Waals surface area contributed by atoms with Gasteiger partial charge in [0.05, 0.1) is 13.7 Å². The van der Waals surface area contributed by atoms with Crippen LogP contribution in [0.1, 0.15) is 12.0 Å². The molecule has 0 radical (unpaired) electrons. The predicted octanol–water partition coefficient (Wildman–Crippen LogP) is 1.41. The monoisotopic (exact) mass is 193 g/mol. The van der Waals surface area contributed by atoms with Gasteiger partial charge in [0.15, 0.2) is 0 Å². The lowest BCUT2D eigenvalue weighted by Gasteiger charge is -2.25. The van der Waals surface area contributed by atoms with Gasteiger partial charge in [0.2, 0.25) is 0 Å². The quantitative estimate of drug-likeness (QED) is 0.746. The predicted molar refractivity (Wildman–Crippen MR) is 55.8 cm³/mol. The number of ether oxygens (including phenoxy) is 1. The van der Waals surface area contributed by atoms with Crippen molar-refractivity contribution < 1.29 is 9.84 Å². The minimum absolute atomic E-state index is 0.189. The van der Waals surface area contributed by atoms with Crippen molar-refractivity contribution in [3.05, 3.63) is 23.8 Å². The SMILES string of the molecule is COc1ccc2c(c1)NC(CO)CC2. The number of methoxy groups -OCH3 is 1. The molecule has 3 heteroatoms. The summed E-state index contributed by atoms with van der Waals surface area (Å²) in [5.74, 6) is 0.856. The second-order valence-electron chi connectivity index (χ2n) is 3.59. The van der Waals surface area contributed by atoms with E-state index < -0.39 is 0 Å². The van der Waals surface area contributed by atoms with Crippen LogP contribution in [0.15, 0.2) is 18.2 Å². The van der Waals surface area contributed by atoms with E-state index in [0.717, 1.165) is 24.3 Å². The number of fused-ring (bicyclic) bond motifs is 1. The summed E-state index contributed by atoms with van der Waals surface area (Å²) in [7, 11) is 1.66. The Bertz CT molecular complexity index is 325. The molecule has 1 aliphatic heterocycles. The first-order chi connectivity index (χ1) is 6.83. The molecule has 14 heavy (non-hydrogen) atoms. The van der Waals surface area contributed by atoms with E-state index in [0.29, 0.717) is 0 Å². The Morgan fingerprint density at radius 2 is 2.43 bits per heavy atom. The van der Waals surface area contributed by atoms with Crippen molar-refractivity contribution >= 4 is 5.69 Å². The molecule has 0 aromatic heterocycles. The van der Waals surface area contributed by atoms with Gasteiger partial charge in [-0.15, -0.1) is 0 Å². The number of aliphatic hydroxyl groups excluding tert-OH is 1. The molecule has 0 spiro atoms. The lowest BCUT2D eigenvalue weighted by molar-refractivity contribution is 0.267. The second kappa shape index (κ2) is 3.88. The first-order valence-electron chi connectivity index (χ1n) is 4.88. The first kappa shape index (κ1) is 9.34. The molecule has 1 unspecified atom stereocenters. The van der Waals surface area contributed by atoms with Gasteiger partial charge < -0.3 is 15.2 Å². The summed E-state index contributed by atoms with van der Waals surface area (Å²) in [5, 5.41) is 12.3. The zero-order chi connectivity index (χ0) is 9.97. The molecule has 2 N–H and O–H groups in total. The molecule has 1 aromatic rings. The summed E-state index contributed by atoms with van der Waals surface area (Å²) in [6, 6.07) is 6.22. The molecular formula is C11H15NO2. The van der Waals surface area contributed by atoms with Crippen LogP contribution in [0.4, 0.5) is 5.69 Å². The lowest BCUT2D eigenvalue weighted by atomic mass is 9.98. The number of nitrogens with one attached hydrogen (secondary N) is 1. The van der Waals surface area contributed by atoms with Crippen LogP contribution in [-0.2, 0) is 6.42 Å². The Morgan fingerprint density at radius 1 is 1.57 bits per heavy atom. The van der Waals surface area contributed by atoms with E-state index in [-0.39, 0.29) is 12.6 Å². The highest BCUT2D eigenvalue weighted by Crippen LogP contribution is 2.28. The summed E-state index contributed by atoms with van der Waals surface area (Å²) in [4.78, 5) is 0. The summed E-state index contributed by atoms with van der Waals surface area (Å²) in [6.45, 7) is 0.191. The van der Waals surface area contributed by atoms with Crippen molar-refractivity contribution in [2.45, 2.75) is 18.9 Å². The maximum absolute atomic E-state index is 9.05. The van der Waals surface area contributed by atoms with Gasteiger partial charge in [0.1, 0.15) is 5.75 Å². The van der Waals surface area contributed by atoms with Crippen LogP contribution in [0.3, 0.4) is 0 Å². The minimum Gasteiger partial charge on any atom is -0.497 e. The fraction of sp³-hybridized carbons (Fsp3) is 0.455. The molecule has 3 nitrogen and oxygen atoms in total. The number of hydrogen-bond donors (Lipinski definition) is 2. The topological polar surface area (TPSA) is 41.5 Å². The van der Waals surface area contributed by atoms with E-state index in [2.05, 4.69) is 11.4 Å². The molecule has 1 heterocycles. The molecular weight excluding hydrogens is 178 g/mol. The highest BCUT2D eigenvalue weighted by Gasteiger charge is 2.16. The molecule has 0 saturated carbocycles. The lowest BCUT2D eigenvalue weighted by Crippen LogP contribution is -2.28. The zero-order valence-electron chi connectivity index (χ0n) is 8.29. The smallest absolute Gasteiger partial charge is 0.120 e. The average Bonchev–Trinajstić information content (AvgIpc) is 2.27. The van der Waals surface area contributed by atoms with Crippen LogP contribution in [0, 0.1) is 0 Å². The van der Waals surface area contributed by atoms with E-state index >= 15 is 0 Å². The summed E-state index contributed by atoms with van der Waals surface area (Å²) >= 11 is 0. The number of aliphatic hydroxyl groups is 1. The molecule has 0 aliphatic carbocycles. The van der Waals surface area contributed by atoms with Crippen molar-refractivity contribution in [3.8, 4) is 5.75 Å². The molecule has 0 saturated heterocycles. The molecule has 2 rings (SSSR count). The van der Waals surface area contributed by atoms with Gasteiger partial charge in [-0.05, 0) is 24.5 Å². The van der Waals surface area contributed by atoms with Crippen LogP contribution in [0.5, 0.6) is 5.75 Å². The maximum Gasteiger partial charge on any atom is 0.120 e. The van der Waals surface area contributed by atoms with Crippen molar-refractivity contribution in [1.82, 2.24) is 0 Å². The summed E-state index contributed by atoms with van der Waals surface area (Å²) < 4.78 is 5.15. The largest absolute Gasteiger partial charge is 0.497 e. The Kier molecular flexibility index (Phi) is 2.59. The Balaban J connectivity index is 2.25. The third kappa shape index (κ3) is 1.68. The van der Waals surface area contributed by atoms with E-state index in [1.807, 2.05) is 12.1 Å². The van der Waals surface area contributed by atoms with E-state index in [9.17, 15) is 0 Å². The highest BCUT2D eigenvalue weighted by molar-refractivity contribution is 5.57. The highest BCUT2D eigenvalue weighted by atomic mass is 16.5. The van der Waals surface area contributed by atoms with Gasteiger partial charge in [-0.2, -0.15) is 0 Å². The van der Waals surface area contributed by atoms with Gasteiger partial charge in [-0.1, -0.05) is 6.07 Å². The fourth-order valence-corrected chi connectivity index (χ4v) is 1.79. The van der Waals surface area contributed by atoms with Crippen LogP contribution in [-0.4, -0.2) is 24.9 Å². The van der Waals surface area contributed by atoms with Gasteiger partial charge in [-0.3, -0.25) is 0 Å². The first-order valence-corrected chi connectivity index (χ1v) is 4.88. The molecule has 0 fully saturated rings. The number of benzene rings is 1. The van der Waals surface area contributed by atoms with Gasteiger partial charge >= 0.3 is 0 Å². The van der Waals surface area contributed by atoms with Gasteiger partial charge in [0, 0.05) is 17.8 Å². The second-order valence-corrected chi connectivity index (χ2v) is 3.59. The van der Waals surface area contributed by atoms with Crippen LogP contribution < -0.4 is 10.1 Å². The molecule has 0 amide bonds. The van der Waals surface area contributed by atoms with Gasteiger partial charge in [-0.25, -0.2) is 0 Å². The van der Waals surface area contributed by atoms with E-state index in [1.165, 1.54) is 5.56 Å². The van der Waals surface area contributed by atoms with E-state index in [4.69, 9.17) is 9.84 Å². The molecule has 1 aromatic carbocycles. The number of aryl methyl sites for hydroxylation is 1. The van der Waals surface area contributed by atoms with Crippen molar-refractivity contribution in [2.24, 2.45) is 0 Å². The Hall–Kier alpha value is -1.22. The van der Waals surface area contributed by atoms with Gasteiger partial charge in [0.25, 0.3) is 0 Å². The number of hydrogen-bond acceptors (Lipinski definition) is 3. The summed E-state index contributed by atoms with van der Waals surface area (Å²) in [6.07, 6.45) is 2.02. The third-order valence-electron chi connectivity index (χ3n) is 2.66. The minimum atomic E-state index is 0.189. The molecule has 76 valence electrons. The van der Waals surface area contributed by atoms with Crippen molar-refractivity contribution in [3.63, 3.8) is 0 Å². The Morgan fingerprint density at radius 3 is 3.14 bits per heavy atom. The number of rotatable bonds is 2. The molecule has 1 aliphatic rings. The maximum atomic E-state index is 9.05. The molecule has 0 bridgehead atoms. The fourth-order valence-electron chi connectivity index (χ4n) is 1.79. The van der Waals surface area contributed by atoms with Crippen molar-refractivity contribution in [2.75, 3.05) is 19.0 Å². The number of anilines is 1. The average molecular weight is 193 g/mol.